The van der Waals surface area contributed by atoms with Crippen LogP contribution in [-0.2, 0) is 0 Å². The molecule has 19 heavy (non-hydrogen) atoms. The molecule has 0 aliphatic rings. The van der Waals surface area contributed by atoms with Crippen molar-refractivity contribution in [3.05, 3.63) is 59.7 Å². The van der Waals surface area contributed by atoms with Crippen molar-refractivity contribution in [2.75, 3.05) is 5.32 Å². The Balaban J connectivity index is 2.17. The van der Waals surface area contributed by atoms with Crippen LogP contribution >= 0.6 is 0 Å². The monoisotopic (exact) mass is 265 g/mol. The topological polar surface area (TPSA) is 66.6 Å². The first kappa shape index (κ1) is 12.7. The lowest BCUT2D eigenvalue weighted by Crippen LogP contribution is -2.13. The number of nitrogens with zero attached hydrogens (tertiary/aromatic N) is 2. The highest BCUT2D eigenvalue weighted by Gasteiger charge is 2.03. The molecule has 2 N–H and O–H groups in total. The second kappa shape index (κ2) is 5.30. The normalized spacial score (nSPS) is 10.0. The third kappa shape index (κ3) is 3.63. The van der Waals surface area contributed by atoms with Crippen molar-refractivity contribution in [2.24, 2.45) is 4.99 Å². The molecule has 0 aliphatic heterocycles. The van der Waals surface area contributed by atoms with Crippen molar-refractivity contribution >= 4 is 11.7 Å². The lowest BCUT2D eigenvalue weighted by Gasteiger charge is -2.01. The van der Waals surface area contributed by atoms with Crippen LogP contribution < -0.4 is 10.7 Å². The summed E-state index contributed by atoms with van der Waals surface area (Å²) in [5, 5.41) is 11.5. The van der Waals surface area contributed by atoms with Crippen LogP contribution in [0, 0.1) is 11.6 Å². The number of pyridine rings is 1. The van der Waals surface area contributed by atoms with Crippen LogP contribution in [-0.4, -0.2) is 16.0 Å². The maximum atomic E-state index is 12.9. The van der Waals surface area contributed by atoms with Gasteiger partial charge in [-0.3, -0.25) is 0 Å². The fourth-order valence-corrected chi connectivity index (χ4v) is 1.38. The van der Waals surface area contributed by atoms with Crippen molar-refractivity contribution in [1.82, 2.24) is 4.73 Å². The van der Waals surface area contributed by atoms with Crippen LogP contribution in [0.4, 0.5) is 19.3 Å². The second-order valence-electron chi connectivity index (χ2n) is 3.64. The number of nitrogens with one attached hydrogen (secondary N) is 1. The quantitative estimate of drug-likeness (QED) is 0.776. The van der Waals surface area contributed by atoms with Gasteiger partial charge in [0.2, 0.25) is 0 Å². The Bertz CT molecular complexity index is 642. The molecule has 0 unspecified atom stereocenters. The van der Waals surface area contributed by atoms with Gasteiger partial charge in [-0.05, 0) is 24.3 Å². The number of amides is 2. The predicted molar refractivity (Wildman–Crippen MR) is 62.6 cm³/mol. The van der Waals surface area contributed by atoms with E-state index in [1.165, 1.54) is 24.5 Å². The number of hydrogen-bond donors (Lipinski definition) is 2. The van der Waals surface area contributed by atoms with Crippen LogP contribution in [0.25, 0.3) is 0 Å². The first-order chi connectivity index (χ1) is 9.02. The Labute approximate surface area is 106 Å². The molecule has 0 fully saturated rings. The summed E-state index contributed by atoms with van der Waals surface area (Å²) >= 11 is 0. The smallest absolute Gasteiger partial charge is 0.345 e. The number of carbonyl (C=O) groups is 1. The zero-order valence-corrected chi connectivity index (χ0v) is 9.55. The van der Waals surface area contributed by atoms with Gasteiger partial charge in [0.15, 0.2) is 0 Å². The van der Waals surface area contributed by atoms with E-state index in [9.17, 15) is 13.6 Å². The van der Waals surface area contributed by atoms with Crippen molar-refractivity contribution in [1.29, 1.82) is 0 Å². The SMILES string of the molecule is O=C(N=c1ccn(O)cc1)Nc1cc(F)cc(F)c1. The van der Waals surface area contributed by atoms with E-state index in [0.717, 1.165) is 16.9 Å². The van der Waals surface area contributed by atoms with Crippen molar-refractivity contribution in [2.45, 2.75) is 0 Å². The highest BCUT2D eigenvalue weighted by atomic mass is 19.1. The molecule has 0 saturated carbocycles. The highest BCUT2D eigenvalue weighted by Crippen LogP contribution is 2.12. The summed E-state index contributed by atoms with van der Waals surface area (Å²) in [7, 11) is 0. The van der Waals surface area contributed by atoms with Gasteiger partial charge in [0.05, 0.1) is 5.36 Å². The molecule has 1 aromatic heterocycles. The van der Waals surface area contributed by atoms with Gasteiger partial charge < -0.3 is 10.5 Å². The molecule has 2 rings (SSSR count). The van der Waals surface area contributed by atoms with E-state index in [1.807, 2.05) is 0 Å². The summed E-state index contributed by atoms with van der Waals surface area (Å²) < 4.78 is 26.6. The fourth-order valence-electron chi connectivity index (χ4n) is 1.38. The van der Waals surface area contributed by atoms with Gasteiger partial charge in [0, 0.05) is 24.1 Å². The van der Waals surface area contributed by atoms with Crippen LogP contribution in [0.5, 0.6) is 0 Å². The number of benzene rings is 1. The molecule has 2 amide bonds. The molecular formula is C12H9F2N3O2. The van der Waals surface area contributed by atoms with Crippen molar-refractivity contribution in [3.8, 4) is 0 Å². The molecule has 0 aliphatic carbocycles. The molecular weight excluding hydrogens is 256 g/mol. The number of aromatic nitrogens is 1. The maximum absolute atomic E-state index is 12.9. The second-order valence-corrected chi connectivity index (χ2v) is 3.64. The van der Waals surface area contributed by atoms with Gasteiger partial charge in [-0.25, -0.2) is 18.3 Å². The molecule has 0 spiro atoms. The van der Waals surface area contributed by atoms with Crippen LogP contribution in [0.15, 0.2) is 47.7 Å². The third-order valence-corrected chi connectivity index (χ3v) is 2.14. The first-order valence-electron chi connectivity index (χ1n) is 5.22. The highest BCUT2D eigenvalue weighted by molar-refractivity contribution is 5.89. The number of carbonyl (C=O) groups excluding carboxylic acids is 1. The first-order valence-corrected chi connectivity index (χ1v) is 5.22. The summed E-state index contributed by atoms with van der Waals surface area (Å²) in [6, 6.07) is 4.66. The lowest BCUT2D eigenvalue weighted by molar-refractivity contribution is 0.184. The molecule has 0 saturated heterocycles. The van der Waals surface area contributed by atoms with E-state index in [0.29, 0.717) is 11.4 Å². The molecule has 7 heteroatoms. The number of halogens is 2. The van der Waals surface area contributed by atoms with E-state index < -0.39 is 17.7 Å². The van der Waals surface area contributed by atoms with Gasteiger partial charge in [-0.2, -0.15) is 4.99 Å². The van der Waals surface area contributed by atoms with Crippen molar-refractivity contribution < 1.29 is 18.8 Å². The summed E-state index contributed by atoms with van der Waals surface area (Å²) in [4.78, 5) is 15.1. The largest absolute Gasteiger partial charge is 0.429 e. The van der Waals surface area contributed by atoms with Gasteiger partial charge in [0.1, 0.15) is 11.6 Å². The number of urea groups is 1. The van der Waals surface area contributed by atoms with Crippen LogP contribution in [0.3, 0.4) is 0 Å². The fraction of sp³-hybridized carbons (Fsp3) is 0. The lowest BCUT2D eigenvalue weighted by atomic mass is 10.3. The molecule has 0 atom stereocenters. The maximum Gasteiger partial charge on any atom is 0.345 e. The minimum Gasteiger partial charge on any atom is -0.429 e. The predicted octanol–water partition coefficient (Wildman–Crippen LogP) is 2.14. The molecule has 1 aromatic carbocycles. The van der Waals surface area contributed by atoms with Gasteiger partial charge in [0.25, 0.3) is 0 Å². The Morgan fingerprint density at radius 3 is 2.32 bits per heavy atom. The third-order valence-electron chi connectivity index (χ3n) is 2.14. The molecule has 1 heterocycles. The van der Waals surface area contributed by atoms with Crippen LogP contribution in [0.1, 0.15) is 0 Å². The number of hydrogen-bond acceptors (Lipinski definition) is 2. The summed E-state index contributed by atoms with van der Waals surface area (Å²) in [5.41, 5.74) is -0.0283. The van der Waals surface area contributed by atoms with Gasteiger partial charge >= 0.3 is 6.03 Å². The summed E-state index contributed by atoms with van der Waals surface area (Å²) in [5.74, 6) is -1.59. The average Bonchev–Trinajstić information content (AvgIpc) is 2.30. The molecule has 98 valence electrons. The minimum atomic E-state index is -0.795. The van der Waals surface area contributed by atoms with Gasteiger partial charge in [-0.1, -0.05) is 0 Å². The van der Waals surface area contributed by atoms with E-state index in [4.69, 9.17) is 5.21 Å². The van der Waals surface area contributed by atoms with Gasteiger partial charge in [-0.15, -0.1) is 0 Å². The zero-order chi connectivity index (χ0) is 13.8. The van der Waals surface area contributed by atoms with E-state index in [1.54, 1.807) is 0 Å². The molecule has 0 radical (unpaired) electrons. The Kier molecular flexibility index (Phi) is 3.56. The Morgan fingerprint density at radius 1 is 1.16 bits per heavy atom. The Hall–Kier alpha value is -2.70. The van der Waals surface area contributed by atoms with Crippen molar-refractivity contribution in [3.63, 3.8) is 0 Å². The van der Waals surface area contributed by atoms with Crippen LogP contribution in [0.2, 0.25) is 0 Å². The average molecular weight is 265 g/mol. The minimum absolute atomic E-state index is 0.0283. The zero-order valence-electron chi connectivity index (χ0n) is 9.55. The summed E-state index contributed by atoms with van der Waals surface area (Å²) in [6.45, 7) is 0. The Morgan fingerprint density at radius 2 is 1.74 bits per heavy atom. The molecule has 2 aromatic rings. The van der Waals surface area contributed by atoms with E-state index in [2.05, 4.69) is 10.3 Å². The van der Waals surface area contributed by atoms with E-state index >= 15 is 0 Å². The molecule has 0 bridgehead atoms. The molecule has 5 nitrogen and oxygen atoms in total. The number of rotatable bonds is 1. The summed E-state index contributed by atoms with van der Waals surface area (Å²) in [6.07, 6.45) is 2.57. The standard InChI is InChI=1S/C12H9F2N3O2/c13-8-5-9(14)7-11(6-8)16-12(18)15-10-1-3-17(19)4-2-10/h1-7,19H,(H,16,18). The van der Waals surface area contributed by atoms with E-state index in [-0.39, 0.29) is 5.69 Å². The number of anilines is 1.